The first-order valence-electron chi connectivity index (χ1n) is 4.08. The molecule has 3 heteroatoms. The Morgan fingerprint density at radius 3 is 2.69 bits per heavy atom. The molecule has 0 aliphatic heterocycles. The van der Waals surface area contributed by atoms with Gasteiger partial charge in [-0.2, -0.15) is 0 Å². The number of para-hydroxylation sites is 1. The molecule has 0 aliphatic carbocycles. The van der Waals surface area contributed by atoms with E-state index in [-0.39, 0.29) is 0 Å². The fraction of sp³-hybridized carbons (Fsp3) is 0.200. The lowest BCUT2D eigenvalue weighted by Crippen LogP contribution is -1.91. The summed E-state index contributed by atoms with van der Waals surface area (Å²) in [5, 5.41) is 1.13. The van der Waals surface area contributed by atoms with Gasteiger partial charge in [0.15, 0.2) is 4.73 Å². The van der Waals surface area contributed by atoms with Crippen molar-refractivity contribution < 1.29 is 0 Å². The van der Waals surface area contributed by atoms with Gasteiger partial charge in [0.1, 0.15) is 0 Å². The Morgan fingerprint density at radius 2 is 1.92 bits per heavy atom. The second-order valence-corrected chi connectivity index (χ2v) is 3.76. The van der Waals surface area contributed by atoms with Crippen LogP contribution in [0, 0.1) is 13.8 Å². The van der Waals surface area contributed by atoms with Crippen LogP contribution in [-0.2, 0) is 0 Å². The Morgan fingerprint density at radius 1 is 1.15 bits per heavy atom. The maximum atomic E-state index is 4.34. The molecule has 0 unspecified atom stereocenters. The van der Waals surface area contributed by atoms with Crippen molar-refractivity contribution in [1.82, 2.24) is 9.97 Å². The van der Waals surface area contributed by atoms with Gasteiger partial charge in [-0.3, -0.25) is 0 Å². The Balaban J connectivity index is 2.94. The number of hydrogen-bond acceptors (Lipinski definition) is 2. The van der Waals surface area contributed by atoms with E-state index < -0.39 is 0 Å². The summed E-state index contributed by atoms with van der Waals surface area (Å²) in [7, 11) is 0. The number of rotatable bonds is 0. The fourth-order valence-electron chi connectivity index (χ4n) is 1.42. The highest BCUT2D eigenvalue weighted by Crippen LogP contribution is 2.20. The minimum Gasteiger partial charge on any atom is -0.227 e. The molecular formula is C10H9BrN2. The molecule has 0 amide bonds. The zero-order valence-corrected chi connectivity index (χ0v) is 9.09. The Bertz CT molecular complexity index is 466. The highest BCUT2D eigenvalue weighted by molar-refractivity contribution is 9.10. The van der Waals surface area contributed by atoms with E-state index in [1.54, 1.807) is 0 Å². The lowest BCUT2D eigenvalue weighted by atomic mass is 10.1. The van der Waals surface area contributed by atoms with Crippen molar-refractivity contribution in [3.8, 4) is 0 Å². The van der Waals surface area contributed by atoms with Gasteiger partial charge in [0, 0.05) is 11.1 Å². The minimum absolute atomic E-state index is 0.659. The molecule has 1 aromatic carbocycles. The monoisotopic (exact) mass is 236 g/mol. The fourth-order valence-corrected chi connectivity index (χ4v) is 1.86. The third-order valence-corrected chi connectivity index (χ3v) is 2.45. The lowest BCUT2D eigenvalue weighted by Gasteiger charge is -2.03. The number of halogens is 1. The van der Waals surface area contributed by atoms with Crippen LogP contribution in [0.25, 0.3) is 10.9 Å². The van der Waals surface area contributed by atoms with E-state index in [0.29, 0.717) is 4.73 Å². The largest absolute Gasteiger partial charge is 0.227 e. The molecule has 0 fully saturated rings. The molecule has 13 heavy (non-hydrogen) atoms. The van der Waals surface area contributed by atoms with Gasteiger partial charge in [-0.25, -0.2) is 9.97 Å². The van der Waals surface area contributed by atoms with E-state index >= 15 is 0 Å². The highest BCUT2D eigenvalue weighted by Gasteiger charge is 2.03. The Hall–Kier alpha value is -0.960. The van der Waals surface area contributed by atoms with E-state index in [2.05, 4.69) is 38.9 Å². The Labute approximate surface area is 85.1 Å². The molecule has 0 saturated heterocycles. The average Bonchev–Trinajstić information content (AvgIpc) is 2.07. The third kappa shape index (κ3) is 1.44. The molecule has 2 aromatic rings. The molecule has 66 valence electrons. The quantitative estimate of drug-likeness (QED) is 0.658. The van der Waals surface area contributed by atoms with Crippen LogP contribution >= 0.6 is 15.9 Å². The molecule has 2 nitrogen and oxygen atoms in total. The van der Waals surface area contributed by atoms with Gasteiger partial charge in [0.25, 0.3) is 0 Å². The summed E-state index contributed by atoms with van der Waals surface area (Å²) in [5.74, 6) is 0. The van der Waals surface area contributed by atoms with Gasteiger partial charge in [-0.1, -0.05) is 18.2 Å². The molecule has 2 rings (SSSR count). The van der Waals surface area contributed by atoms with Gasteiger partial charge in [0.05, 0.1) is 5.52 Å². The van der Waals surface area contributed by atoms with Gasteiger partial charge >= 0.3 is 0 Å². The topological polar surface area (TPSA) is 25.8 Å². The summed E-state index contributed by atoms with van der Waals surface area (Å²) < 4.78 is 0.659. The van der Waals surface area contributed by atoms with Gasteiger partial charge in [-0.15, -0.1) is 0 Å². The van der Waals surface area contributed by atoms with Gasteiger partial charge < -0.3 is 0 Å². The van der Waals surface area contributed by atoms with Crippen LogP contribution in [-0.4, -0.2) is 9.97 Å². The average molecular weight is 237 g/mol. The van der Waals surface area contributed by atoms with Crippen molar-refractivity contribution in [1.29, 1.82) is 0 Å². The van der Waals surface area contributed by atoms with E-state index in [4.69, 9.17) is 0 Å². The van der Waals surface area contributed by atoms with E-state index in [1.807, 2.05) is 19.1 Å². The zero-order valence-electron chi connectivity index (χ0n) is 7.50. The van der Waals surface area contributed by atoms with Crippen LogP contribution in [0.4, 0.5) is 0 Å². The number of aromatic nitrogens is 2. The molecule has 0 radical (unpaired) electrons. The molecule has 0 spiro atoms. The first-order chi connectivity index (χ1) is 6.18. The summed E-state index contributed by atoms with van der Waals surface area (Å²) in [5.41, 5.74) is 3.23. The van der Waals surface area contributed by atoms with Crippen LogP contribution in [0.5, 0.6) is 0 Å². The van der Waals surface area contributed by atoms with Crippen LogP contribution in [0.15, 0.2) is 22.9 Å². The summed E-state index contributed by atoms with van der Waals surface area (Å²) >= 11 is 3.30. The molecule has 0 saturated carbocycles. The molecule has 1 heterocycles. The SMILES string of the molecule is Cc1nc(Br)nc2c(C)cccc12. The Kier molecular flexibility index (Phi) is 2.04. The predicted octanol–water partition coefficient (Wildman–Crippen LogP) is 3.01. The van der Waals surface area contributed by atoms with Crippen LogP contribution in [0.2, 0.25) is 0 Å². The molecular weight excluding hydrogens is 228 g/mol. The number of fused-ring (bicyclic) bond motifs is 1. The minimum atomic E-state index is 0.659. The van der Waals surface area contributed by atoms with E-state index in [1.165, 1.54) is 5.56 Å². The maximum absolute atomic E-state index is 4.34. The van der Waals surface area contributed by atoms with Crippen molar-refractivity contribution in [2.75, 3.05) is 0 Å². The number of nitrogens with zero attached hydrogens (tertiary/aromatic N) is 2. The normalized spacial score (nSPS) is 10.7. The van der Waals surface area contributed by atoms with Crippen molar-refractivity contribution in [2.45, 2.75) is 13.8 Å². The maximum Gasteiger partial charge on any atom is 0.197 e. The summed E-state index contributed by atoms with van der Waals surface area (Å²) in [6.45, 7) is 4.05. The van der Waals surface area contributed by atoms with Crippen LogP contribution in [0.1, 0.15) is 11.3 Å². The van der Waals surface area contributed by atoms with Crippen molar-refractivity contribution in [3.05, 3.63) is 34.2 Å². The predicted molar refractivity (Wildman–Crippen MR) is 56.7 cm³/mol. The molecule has 0 aliphatic rings. The van der Waals surface area contributed by atoms with Crippen LogP contribution in [0.3, 0.4) is 0 Å². The zero-order chi connectivity index (χ0) is 9.42. The van der Waals surface area contributed by atoms with Crippen molar-refractivity contribution in [3.63, 3.8) is 0 Å². The molecule has 0 N–H and O–H groups in total. The standard InChI is InChI=1S/C10H9BrN2/c1-6-4-3-5-8-7(2)12-10(11)13-9(6)8/h3-5H,1-2H3. The lowest BCUT2D eigenvalue weighted by molar-refractivity contribution is 1.10. The first-order valence-corrected chi connectivity index (χ1v) is 4.87. The van der Waals surface area contributed by atoms with Gasteiger partial charge in [-0.05, 0) is 35.3 Å². The van der Waals surface area contributed by atoms with Gasteiger partial charge in [0.2, 0.25) is 0 Å². The molecule has 1 aromatic heterocycles. The van der Waals surface area contributed by atoms with Crippen molar-refractivity contribution >= 4 is 26.8 Å². The summed E-state index contributed by atoms with van der Waals surface area (Å²) in [6.07, 6.45) is 0. The number of hydrogen-bond donors (Lipinski definition) is 0. The summed E-state index contributed by atoms with van der Waals surface area (Å²) in [6, 6.07) is 6.13. The van der Waals surface area contributed by atoms with Crippen LogP contribution < -0.4 is 0 Å². The summed E-state index contributed by atoms with van der Waals surface area (Å²) in [4.78, 5) is 8.59. The highest BCUT2D eigenvalue weighted by atomic mass is 79.9. The number of benzene rings is 1. The second-order valence-electron chi connectivity index (χ2n) is 3.05. The second kappa shape index (κ2) is 3.07. The van der Waals surface area contributed by atoms with E-state index in [0.717, 1.165) is 16.6 Å². The number of aryl methyl sites for hydroxylation is 2. The van der Waals surface area contributed by atoms with E-state index in [9.17, 15) is 0 Å². The smallest absolute Gasteiger partial charge is 0.197 e. The first kappa shape index (κ1) is 8.63. The molecule has 0 atom stereocenters. The molecule has 0 bridgehead atoms. The third-order valence-electron chi connectivity index (χ3n) is 2.09. The van der Waals surface area contributed by atoms with Crippen molar-refractivity contribution in [2.24, 2.45) is 0 Å².